The molecule has 1 unspecified atom stereocenters. The first-order valence-electron chi connectivity index (χ1n) is 9.31. The molecule has 2 heterocycles. The fourth-order valence-corrected chi connectivity index (χ4v) is 3.33. The van der Waals surface area contributed by atoms with Gasteiger partial charge < -0.3 is 19.1 Å². The molecule has 1 saturated heterocycles. The second-order valence-electron chi connectivity index (χ2n) is 6.65. The number of amides is 1. The zero-order valence-corrected chi connectivity index (χ0v) is 15.2. The lowest BCUT2D eigenvalue weighted by Gasteiger charge is -2.26. The van der Waals surface area contributed by atoms with Gasteiger partial charge in [0.1, 0.15) is 13.2 Å². The average molecular weight is 365 g/mol. The quantitative estimate of drug-likeness (QED) is 0.813. The van der Waals surface area contributed by atoms with Crippen molar-refractivity contribution in [2.75, 3.05) is 37.9 Å². The third-order valence-corrected chi connectivity index (χ3v) is 4.78. The third-order valence-electron chi connectivity index (χ3n) is 4.78. The first-order chi connectivity index (χ1) is 13.3. The van der Waals surface area contributed by atoms with E-state index in [4.69, 9.17) is 14.2 Å². The molecule has 2 aliphatic heterocycles. The van der Waals surface area contributed by atoms with Gasteiger partial charge in [-0.05, 0) is 24.1 Å². The molecule has 4 rings (SSSR count). The lowest BCUT2D eigenvalue weighted by atomic mass is 10.1. The van der Waals surface area contributed by atoms with Crippen molar-refractivity contribution in [1.82, 2.24) is 0 Å². The molecule has 5 nitrogen and oxygen atoms in total. The van der Waals surface area contributed by atoms with Crippen LogP contribution in [0.25, 0.3) is 6.08 Å². The lowest BCUT2D eigenvalue weighted by Crippen LogP contribution is -2.36. The molecule has 2 aliphatic rings. The normalized spacial score (nSPS) is 18.6. The van der Waals surface area contributed by atoms with Gasteiger partial charge in [-0.1, -0.05) is 42.5 Å². The van der Waals surface area contributed by atoms with Gasteiger partial charge in [-0.2, -0.15) is 0 Å². The Balaban J connectivity index is 1.57. The summed E-state index contributed by atoms with van der Waals surface area (Å²) in [5, 5.41) is 0. The van der Waals surface area contributed by atoms with Crippen molar-refractivity contribution in [3.63, 3.8) is 0 Å². The van der Waals surface area contributed by atoms with Crippen molar-refractivity contribution in [3.8, 4) is 11.5 Å². The Kier molecular flexibility index (Phi) is 5.39. The summed E-state index contributed by atoms with van der Waals surface area (Å²) >= 11 is 0. The number of fused-ring (bicyclic) bond motifs is 1. The number of nitrogens with zero attached hydrogens (tertiary/aromatic N) is 1. The van der Waals surface area contributed by atoms with Crippen LogP contribution in [0.2, 0.25) is 0 Å². The fourth-order valence-electron chi connectivity index (χ4n) is 3.33. The van der Waals surface area contributed by atoms with Crippen LogP contribution in [0.1, 0.15) is 12.0 Å². The van der Waals surface area contributed by atoms with Gasteiger partial charge in [0.05, 0.1) is 12.5 Å². The Labute approximate surface area is 159 Å². The maximum absolute atomic E-state index is 13.1. The first-order valence-corrected chi connectivity index (χ1v) is 9.31. The van der Waals surface area contributed by atoms with Crippen LogP contribution in [0, 0.1) is 5.92 Å². The predicted molar refractivity (Wildman–Crippen MR) is 104 cm³/mol. The molecule has 1 amide bonds. The van der Waals surface area contributed by atoms with Gasteiger partial charge in [-0.3, -0.25) is 4.79 Å². The first kappa shape index (κ1) is 17.6. The molecular formula is C22H23NO4. The van der Waals surface area contributed by atoms with Gasteiger partial charge >= 0.3 is 0 Å². The summed E-state index contributed by atoms with van der Waals surface area (Å²) in [7, 11) is 0. The summed E-state index contributed by atoms with van der Waals surface area (Å²) < 4.78 is 16.7. The molecule has 0 saturated carbocycles. The van der Waals surface area contributed by atoms with Gasteiger partial charge in [0.25, 0.3) is 0 Å². The van der Waals surface area contributed by atoms with Crippen molar-refractivity contribution in [3.05, 3.63) is 60.2 Å². The number of anilines is 1. The summed E-state index contributed by atoms with van der Waals surface area (Å²) in [5.74, 6) is 1.40. The molecule has 5 heteroatoms. The summed E-state index contributed by atoms with van der Waals surface area (Å²) in [6.07, 6.45) is 4.81. The summed E-state index contributed by atoms with van der Waals surface area (Å²) in [5.41, 5.74) is 1.92. The Morgan fingerprint density at radius 1 is 1.04 bits per heavy atom. The number of hydrogen-bond donors (Lipinski definition) is 0. The molecule has 1 atom stereocenters. The van der Waals surface area contributed by atoms with Crippen molar-refractivity contribution < 1.29 is 19.0 Å². The molecule has 0 spiro atoms. The smallest absolute Gasteiger partial charge is 0.232 e. The van der Waals surface area contributed by atoms with E-state index in [0.717, 1.165) is 23.4 Å². The van der Waals surface area contributed by atoms with Gasteiger partial charge in [-0.15, -0.1) is 0 Å². The van der Waals surface area contributed by atoms with E-state index in [-0.39, 0.29) is 11.8 Å². The van der Waals surface area contributed by atoms with Gasteiger partial charge in [0.2, 0.25) is 5.91 Å². The van der Waals surface area contributed by atoms with Gasteiger partial charge in [0, 0.05) is 24.9 Å². The van der Waals surface area contributed by atoms with Crippen LogP contribution in [0.3, 0.4) is 0 Å². The molecule has 2 aromatic carbocycles. The second kappa shape index (κ2) is 8.27. The van der Waals surface area contributed by atoms with E-state index in [0.29, 0.717) is 38.7 Å². The number of ether oxygens (including phenoxy) is 3. The predicted octanol–water partition coefficient (Wildman–Crippen LogP) is 3.54. The Morgan fingerprint density at radius 2 is 1.85 bits per heavy atom. The van der Waals surface area contributed by atoms with Gasteiger partial charge in [0.15, 0.2) is 11.5 Å². The molecule has 2 aromatic rings. The largest absolute Gasteiger partial charge is 0.486 e. The van der Waals surface area contributed by atoms with Crippen LogP contribution >= 0.6 is 0 Å². The Bertz CT molecular complexity index is 812. The highest BCUT2D eigenvalue weighted by molar-refractivity contribution is 5.96. The fraction of sp³-hybridized carbons (Fsp3) is 0.318. The Morgan fingerprint density at radius 3 is 2.63 bits per heavy atom. The monoisotopic (exact) mass is 365 g/mol. The SMILES string of the molecule is O=C(C1CCOC1)N(C/C=C/c1ccccc1)c1ccc2c(c1)OCCO2. The zero-order valence-electron chi connectivity index (χ0n) is 15.2. The molecule has 0 radical (unpaired) electrons. The van der Waals surface area contributed by atoms with Crippen molar-refractivity contribution in [2.24, 2.45) is 5.92 Å². The number of carbonyl (C=O) groups excluding carboxylic acids is 1. The molecule has 1 fully saturated rings. The highest BCUT2D eigenvalue weighted by Gasteiger charge is 2.29. The van der Waals surface area contributed by atoms with Crippen LogP contribution in [0.4, 0.5) is 5.69 Å². The van der Waals surface area contributed by atoms with Crippen LogP contribution in [-0.4, -0.2) is 38.9 Å². The molecule has 0 bridgehead atoms. The van der Waals surface area contributed by atoms with Crippen LogP contribution in [0.5, 0.6) is 11.5 Å². The van der Waals surface area contributed by atoms with E-state index in [1.165, 1.54) is 0 Å². The van der Waals surface area contributed by atoms with Crippen LogP contribution in [0.15, 0.2) is 54.6 Å². The molecule has 0 N–H and O–H groups in total. The van der Waals surface area contributed by atoms with Crippen LogP contribution in [-0.2, 0) is 9.53 Å². The van der Waals surface area contributed by atoms with Crippen molar-refractivity contribution in [2.45, 2.75) is 6.42 Å². The van der Waals surface area contributed by atoms with Crippen molar-refractivity contribution >= 4 is 17.7 Å². The summed E-state index contributed by atoms with van der Waals surface area (Å²) in [6.45, 7) is 2.69. The average Bonchev–Trinajstić information content (AvgIpc) is 3.26. The molecule has 27 heavy (non-hydrogen) atoms. The lowest BCUT2D eigenvalue weighted by molar-refractivity contribution is -0.122. The second-order valence-corrected chi connectivity index (χ2v) is 6.65. The maximum atomic E-state index is 13.1. The van der Waals surface area contributed by atoms with Gasteiger partial charge in [-0.25, -0.2) is 0 Å². The minimum Gasteiger partial charge on any atom is -0.486 e. The number of rotatable bonds is 5. The third kappa shape index (κ3) is 4.14. The number of benzene rings is 2. The summed E-state index contributed by atoms with van der Waals surface area (Å²) in [6, 6.07) is 15.7. The standard InChI is InChI=1S/C22H23NO4/c24-22(18-10-12-25-16-18)23(11-4-7-17-5-2-1-3-6-17)19-8-9-20-21(15-19)27-14-13-26-20/h1-9,15,18H,10-14,16H2/b7-4+. The molecular weight excluding hydrogens is 342 g/mol. The van der Waals surface area contributed by atoms with E-state index >= 15 is 0 Å². The van der Waals surface area contributed by atoms with E-state index in [1.807, 2.05) is 60.7 Å². The summed E-state index contributed by atoms with van der Waals surface area (Å²) in [4.78, 5) is 14.9. The maximum Gasteiger partial charge on any atom is 0.232 e. The topological polar surface area (TPSA) is 48.0 Å². The molecule has 0 aliphatic carbocycles. The zero-order chi connectivity index (χ0) is 18.5. The Hall–Kier alpha value is -2.79. The minimum absolute atomic E-state index is 0.0851. The molecule has 140 valence electrons. The van der Waals surface area contributed by atoms with E-state index in [9.17, 15) is 4.79 Å². The highest BCUT2D eigenvalue weighted by atomic mass is 16.6. The highest BCUT2D eigenvalue weighted by Crippen LogP contribution is 2.34. The number of hydrogen-bond acceptors (Lipinski definition) is 4. The van der Waals surface area contributed by atoms with Crippen LogP contribution < -0.4 is 14.4 Å². The van der Waals surface area contributed by atoms with E-state index < -0.39 is 0 Å². The van der Waals surface area contributed by atoms with E-state index in [2.05, 4.69) is 0 Å². The van der Waals surface area contributed by atoms with E-state index in [1.54, 1.807) is 4.90 Å². The number of carbonyl (C=O) groups is 1. The molecule has 0 aromatic heterocycles. The van der Waals surface area contributed by atoms with Crippen molar-refractivity contribution in [1.29, 1.82) is 0 Å². The minimum atomic E-state index is -0.0941.